The molecule has 3 N–H and O–H groups in total. The zero-order valence-electron chi connectivity index (χ0n) is 14.9. The number of aliphatic hydroxyl groups excluding tert-OH is 1. The second kappa shape index (κ2) is 6.62. The highest BCUT2D eigenvalue weighted by atomic mass is 35.5. The molecule has 0 bridgehead atoms. The van der Waals surface area contributed by atoms with Gasteiger partial charge >= 0.3 is 0 Å². The van der Waals surface area contributed by atoms with Crippen molar-refractivity contribution in [2.24, 2.45) is 16.6 Å². The van der Waals surface area contributed by atoms with Gasteiger partial charge in [0.05, 0.1) is 28.3 Å². The fraction of sp³-hybridized carbons (Fsp3) is 0.350. The number of amidine groups is 1. The number of aliphatic hydroxyl groups is 1. The van der Waals surface area contributed by atoms with Gasteiger partial charge in [-0.2, -0.15) is 0 Å². The third-order valence-electron chi connectivity index (χ3n) is 5.42. The lowest BCUT2D eigenvalue weighted by atomic mass is 9.84. The van der Waals surface area contributed by atoms with Gasteiger partial charge in [-0.1, -0.05) is 29.8 Å². The van der Waals surface area contributed by atoms with Crippen molar-refractivity contribution in [1.82, 2.24) is 0 Å². The smallest absolute Gasteiger partial charge is 0.178 e. The van der Waals surface area contributed by atoms with E-state index in [2.05, 4.69) is 4.99 Å². The minimum Gasteiger partial charge on any atom is -0.393 e. The number of nitrogens with two attached hydrogens (primary N) is 1. The summed E-state index contributed by atoms with van der Waals surface area (Å²) >= 11 is 6.59. The van der Waals surface area contributed by atoms with Crippen molar-refractivity contribution in [2.45, 2.75) is 37.3 Å². The molecule has 2 aliphatic rings. The molecular formula is C20H21ClN2O3S. The van der Waals surface area contributed by atoms with Gasteiger partial charge in [0.25, 0.3) is 0 Å². The van der Waals surface area contributed by atoms with Crippen molar-refractivity contribution in [2.75, 3.05) is 5.75 Å². The molecule has 7 heteroatoms. The molecule has 1 fully saturated rings. The highest BCUT2D eigenvalue weighted by Crippen LogP contribution is 2.37. The van der Waals surface area contributed by atoms with Crippen LogP contribution >= 0.6 is 11.6 Å². The molecule has 0 aromatic heterocycles. The van der Waals surface area contributed by atoms with Gasteiger partial charge in [-0.3, -0.25) is 4.99 Å². The second-order valence-corrected chi connectivity index (χ2v) is 9.82. The maximum Gasteiger partial charge on any atom is 0.178 e. The van der Waals surface area contributed by atoms with E-state index < -0.39 is 9.84 Å². The Labute approximate surface area is 163 Å². The molecule has 142 valence electrons. The summed E-state index contributed by atoms with van der Waals surface area (Å²) in [5.74, 6) is 0.560. The number of hydrogen-bond donors (Lipinski definition) is 2. The van der Waals surface area contributed by atoms with Gasteiger partial charge in [-0.25, -0.2) is 8.42 Å². The van der Waals surface area contributed by atoms with E-state index in [0.29, 0.717) is 35.1 Å². The Bertz CT molecular complexity index is 1060. The Morgan fingerprint density at radius 3 is 2.59 bits per heavy atom. The van der Waals surface area contributed by atoms with E-state index in [-0.39, 0.29) is 17.8 Å². The summed E-state index contributed by atoms with van der Waals surface area (Å²) in [6.07, 6.45) is 0.765. The number of fused-ring (bicyclic) bond motifs is 1. The Morgan fingerprint density at radius 1 is 1.22 bits per heavy atom. The topological polar surface area (TPSA) is 92.8 Å². The van der Waals surface area contributed by atoms with Gasteiger partial charge in [-0.05, 0) is 54.5 Å². The molecule has 2 aromatic rings. The van der Waals surface area contributed by atoms with Gasteiger partial charge in [0.2, 0.25) is 0 Å². The number of halogens is 1. The Hall–Kier alpha value is -1.89. The van der Waals surface area contributed by atoms with E-state index in [4.69, 9.17) is 17.3 Å². The minimum absolute atomic E-state index is 0.0402. The van der Waals surface area contributed by atoms with Crippen molar-refractivity contribution < 1.29 is 13.5 Å². The van der Waals surface area contributed by atoms with Crippen LogP contribution in [0.3, 0.4) is 0 Å². The van der Waals surface area contributed by atoms with Crippen LogP contribution in [0.4, 0.5) is 0 Å². The third-order valence-corrected chi connectivity index (χ3v) is 7.69. The molecular weight excluding hydrogens is 384 g/mol. The SMILES string of the molecule is Cc1cc(S(=O)(=O)CC2CC(O)C2)ccc1-c1ccc2c(c1Cl)C(N)=NC2. The zero-order valence-corrected chi connectivity index (χ0v) is 16.5. The summed E-state index contributed by atoms with van der Waals surface area (Å²) in [7, 11) is -3.38. The van der Waals surface area contributed by atoms with E-state index >= 15 is 0 Å². The number of nitrogens with zero attached hydrogens (tertiary/aromatic N) is 1. The van der Waals surface area contributed by atoms with Gasteiger partial charge in [-0.15, -0.1) is 0 Å². The lowest BCUT2D eigenvalue weighted by Gasteiger charge is -2.30. The second-order valence-electron chi connectivity index (χ2n) is 7.41. The first kappa shape index (κ1) is 18.5. The van der Waals surface area contributed by atoms with Crippen LogP contribution in [0.1, 0.15) is 29.5 Å². The Kier molecular flexibility index (Phi) is 4.53. The number of aryl methyl sites for hydroxylation is 1. The lowest BCUT2D eigenvalue weighted by Crippen LogP contribution is -2.33. The highest BCUT2D eigenvalue weighted by Gasteiger charge is 2.32. The number of sulfone groups is 1. The van der Waals surface area contributed by atoms with Gasteiger partial charge < -0.3 is 10.8 Å². The highest BCUT2D eigenvalue weighted by molar-refractivity contribution is 7.91. The molecule has 27 heavy (non-hydrogen) atoms. The first-order valence-electron chi connectivity index (χ1n) is 8.90. The number of benzene rings is 2. The molecule has 0 saturated heterocycles. The molecule has 2 aromatic carbocycles. The fourth-order valence-electron chi connectivity index (χ4n) is 3.86. The van der Waals surface area contributed by atoms with Crippen LogP contribution in [0.2, 0.25) is 5.02 Å². The summed E-state index contributed by atoms with van der Waals surface area (Å²) in [6, 6.07) is 9.02. The van der Waals surface area contributed by atoms with E-state index in [0.717, 1.165) is 27.8 Å². The minimum atomic E-state index is -3.38. The van der Waals surface area contributed by atoms with E-state index in [9.17, 15) is 13.5 Å². The predicted molar refractivity (Wildman–Crippen MR) is 107 cm³/mol. The summed E-state index contributed by atoms with van der Waals surface area (Å²) in [5.41, 5.74) is 10.3. The van der Waals surface area contributed by atoms with Crippen LogP contribution in [0.5, 0.6) is 0 Å². The van der Waals surface area contributed by atoms with Crippen molar-refractivity contribution in [3.8, 4) is 11.1 Å². The molecule has 0 amide bonds. The molecule has 0 radical (unpaired) electrons. The molecule has 1 heterocycles. The Morgan fingerprint density at radius 2 is 1.93 bits per heavy atom. The number of aliphatic imine (C=N–C) groups is 1. The monoisotopic (exact) mass is 404 g/mol. The molecule has 0 unspecified atom stereocenters. The van der Waals surface area contributed by atoms with E-state index in [1.807, 2.05) is 19.1 Å². The van der Waals surface area contributed by atoms with E-state index in [1.54, 1.807) is 18.2 Å². The predicted octanol–water partition coefficient (Wildman–Crippen LogP) is 3.08. The van der Waals surface area contributed by atoms with Crippen molar-refractivity contribution in [1.29, 1.82) is 0 Å². The van der Waals surface area contributed by atoms with Crippen LogP contribution in [0, 0.1) is 12.8 Å². The average Bonchev–Trinajstić information content (AvgIpc) is 2.96. The van der Waals surface area contributed by atoms with E-state index in [1.165, 1.54) is 0 Å². The third kappa shape index (κ3) is 3.26. The van der Waals surface area contributed by atoms with Crippen LogP contribution in [0.25, 0.3) is 11.1 Å². The number of rotatable bonds is 4. The van der Waals surface area contributed by atoms with Crippen LogP contribution in [0.15, 0.2) is 40.2 Å². The van der Waals surface area contributed by atoms with Crippen molar-refractivity contribution in [3.63, 3.8) is 0 Å². The van der Waals surface area contributed by atoms with Gasteiger partial charge in [0, 0.05) is 11.1 Å². The summed E-state index contributed by atoms with van der Waals surface area (Å²) < 4.78 is 25.3. The molecule has 1 saturated carbocycles. The summed E-state index contributed by atoms with van der Waals surface area (Å²) in [4.78, 5) is 4.54. The standard InChI is InChI=1S/C20H21ClN2O3S/c1-11-6-15(27(25,26)10-12-7-14(24)8-12)3-5-16(11)17-4-2-13-9-23-20(22)18(13)19(17)21/h2-6,12,14,24H,7-10H2,1H3,(H2,22,23). The first-order valence-corrected chi connectivity index (χ1v) is 10.9. The van der Waals surface area contributed by atoms with Crippen molar-refractivity contribution in [3.05, 3.63) is 52.0 Å². The average molecular weight is 405 g/mol. The number of hydrogen-bond acceptors (Lipinski definition) is 5. The maximum atomic E-state index is 12.7. The molecule has 5 nitrogen and oxygen atoms in total. The fourth-order valence-corrected chi connectivity index (χ4v) is 5.96. The summed E-state index contributed by atoms with van der Waals surface area (Å²) in [5, 5.41) is 9.93. The molecule has 4 rings (SSSR count). The normalized spacial score (nSPS) is 21.5. The quantitative estimate of drug-likeness (QED) is 0.818. The molecule has 0 atom stereocenters. The van der Waals surface area contributed by atoms with Crippen LogP contribution in [-0.2, 0) is 16.4 Å². The zero-order chi connectivity index (χ0) is 19.3. The largest absolute Gasteiger partial charge is 0.393 e. The molecule has 1 aliphatic heterocycles. The van der Waals surface area contributed by atoms with Gasteiger partial charge in [0.1, 0.15) is 5.84 Å². The maximum absolute atomic E-state index is 12.7. The lowest BCUT2D eigenvalue weighted by molar-refractivity contribution is 0.0526. The van der Waals surface area contributed by atoms with Crippen molar-refractivity contribution >= 4 is 27.3 Å². The summed E-state index contributed by atoms with van der Waals surface area (Å²) in [6.45, 7) is 2.41. The van der Waals surface area contributed by atoms with Gasteiger partial charge in [0.15, 0.2) is 9.84 Å². The van der Waals surface area contributed by atoms with Crippen LogP contribution in [-0.4, -0.2) is 31.2 Å². The Balaban J connectivity index is 1.67. The molecule has 1 aliphatic carbocycles. The van der Waals surface area contributed by atoms with Crippen LogP contribution < -0.4 is 5.73 Å². The first-order chi connectivity index (χ1) is 12.8. The molecule has 0 spiro atoms.